The Bertz CT molecular complexity index is 281. The molecule has 2 nitrogen and oxygen atoms in total. The zero-order chi connectivity index (χ0) is 10.6. The zero-order valence-corrected chi connectivity index (χ0v) is 11.3. The molecule has 1 aromatic heterocycles. The third kappa shape index (κ3) is 13.1. The van der Waals surface area contributed by atoms with E-state index in [2.05, 4.69) is 34.5 Å². The molecular formula is C13H14CuFeN2. The molecule has 0 unspecified atom stereocenters. The van der Waals surface area contributed by atoms with E-state index in [1.165, 1.54) is 0 Å². The van der Waals surface area contributed by atoms with Crippen LogP contribution >= 0.6 is 0 Å². The van der Waals surface area contributed by atoms with E-state index in [1.807, 2.05) is 30.4 Å². The number of rotatable bonds is 0. The first-order chi connectivity index (χ1) is 7.50. The maximum Gasteiger partial charge on any atom is 2.00 e. The standard InChI is InChI=1S/2C5H5.C3H4N2.Cu.Fe/c3*1-2-4-5-3-1;;/h2*1-3H,4H2;1-3H,(H,4,5);;/q2*-1;;;+2. The van der Waals surface area contributed by atoms with Crippen LogP contribution in [-0.4, -0.2) is 10.2 Å². The van der Waals surface area contributed by atoms with Crippen LogP contribution in [0.3, 0.4) is 0 Å². The molecule has 0 aliphatic heterocycles. The Balaban J connectivity index is 0. The molecule has 0 atom stereocenters. The Morgan fingerprint density at radius 1 is 1.00 bits per heavy atom. The van der Waals surface area contributed by atoms with Crippen molar-refractivity contribution in [3.8, 4) is 0 Å². The summed E-state index contributed by atoms with van der Waals surface area (Å²) in [5.74, 6) is 0. The largest absolute Gasteiger partial charge is 2.00 e. The SMILES string of the molecule is [C-]1=CC=CC1.[C-]1=CC=CC1.[Cu].[Fe+2].c1cn[nH]c1. The maximum absolute atomic E-state index is 3.60. The van der Waals surface area contributed by atoms with Gasteiger partial charge in [-0.25, -0.2) is 24.3 Å². The van der Waals surface area contributed by atoms with Gasteiger partial charge in [-0.05, 0) is 6.07 Å². The topological polar surface area (TPSA) is 28.7 Å². The van der Waals surface area contributed by atoms with Crippen LogP contribution in [0.5, 0.6) is 0 Å². The van der Waals surface area contributed by atoms with Crippen molar-refractivity contribution in [2.24, 2.45) is 0 Å². The second-order valence-corrected chi connectivity index (χ2v) is 2.77. The van der Waals surface area contributed by atoms with Gasteiger partial charge in [0.25, 0.3) is 0 Å². The molecule has 0 aromatic carbocycles. The first-order valence-electron chi connectivity index (χ1n) is 4.87. The van der Waals surface area contributed by atoms with Crippen molar-refractivity contribution in [1.82, 2.24) is 10.2 Å². The summed E-state index contributed by atoms with van der Waals surface area (Å²) >= 11 is 0. The average Bonchev–Trinajstić information content (AvgIpc) is 3.09. The van der Waals surface area contributed by atoms with Gasteiger partial charge in [0, 0.05) is 29.5 Å². The van der Waals surface area contributed by atoms with Gasteiger partial charge in [0.1, 0.15) is 0 Å². The molecule has 2 aliphatic carbocycles. The predicted molar refractivity (Wildman–Crippen MR) is 61.7 cm³/mol. The van der Waals surface area contributed by atoms with Crippen LogP contribution in [0.25, 0.3) is 0 Å². The summed E-state index contributed by atoms with van der Waals surface area (Å²) in [6.07, 6.45) is 23.5. The molecule has 1 N–H and O–H groups in total. The molecule has 0 spiro atoms. The Morgan fingerprint density at radius 2 is 1.59 bits per heavy atom. The molecule has 1 heterocycles. The Kier molecular flexibility index (Phi) is 16.6. The molecule has 0 saturated heterocycles. The third-order valence-electron chi connectivity index (χ3n) is 1.58. The molecule has 3 rings (SSSR count). The molecule has 2 aliphatic rings. The van der Waals surface area contributed by atoms with Gasteiger partial charge in [0.05, 0.1) is 0 Å². The molecule has 0 fully saturated rings. The Morgan fingerprint density at radius 3 is 1.71 bits per heavy atom. The van der Waals surface area contributed by atoms with Crippen LogP contribution in [0, 0.1) is 12.2 Å². The van der Waals surface area contributed by atoms with Crippen molar-refractivity contribution in [1.29, 1.82) is 0 Å². The molecule has 0 saturated carbocycles. The minimum absolute atomic E-state index is 0. The second-order valence-electron chi connectivity index (χ2n) is 2.77. The molecule has 4 heteroatoms. The quantitative estimate of drug-likeness (QED) is 0.578. The smallest absolute Gasteiger partial charge is 0.286 e. The molecular weight excluding hydrogens is 304 g/mol. The summed E-state index contributed by atoms with van der Waals surface area (Å²) in [5, 5.41) is 6.21. The number of aromatic nitrogens is 2. The van der Waals surface area contributed by atoms with Crippen molar-refractivity contribution >= 4 is 0 Å². The van der Waals surface area contributed by atoms with Gasteiger partial charge < -0.3 is 0 Å². The molecule has 1 aromatic rings. The van der Waals surface area contributed by atoms with Crippen molar-refractivity contribution in [3.63, 3.8) is 0 Å². The summed E-state index contributed by atoms with van der Waals surface area (Å²) in [4.78, 5) is 0. The fraction of sp³-hybridized carbons (Fsp3) is 0.154. The monoisotopic (exact) mass is 317 g/mol. The minimum Gasteiger partial charge on any atom is -0.286 e. The molecule has 17 heavy (non-hydrogen) atoms. The van der Waals surface area contributed by atoms with Gasteiger partial charge in [-0.1, -0.05) is 0 Å². The van der Waals surface area contributed by atoms with Crippen LogP contribution in [0.4, 0.5) is 0 Å². The van der Waals surface area contributed by atoms with E-state index >= 15 is 0 Å². The number of nitrogens with zero attached hydrogens (tertiary/aromatic N) is 1. The number of aromatic amines is 1. The van der Waals surface area contributed by atoms with Gasteiger partial charge in [-0.15, -0.1) is 12.8 Å². The number of H-pyrrole nitrogens is 1. The van der Waals surface area contributed by atoms with E-state index in [-0.39, 0.29) is 34.1 Å². The van der Waals surface area contributed by atoms with Crippen LogP contribution in [0.2, 0.25) is 0 Å². The number of allylic oxidation sites excluding steroid dienone is 8. The third-order valence-corrected chi connectivity index (χ3v) is 1.58. The molecule has 1 radical (unpaired) electrons. The molecule has 95 valence electrons. The second kappa shape index (κ2) is 15.2. The molecule has 0 bridgehead atoms. The van der Waals surface area contributed by atoms with E-state index < -0.39 is 0 Å². The van der Waals surface area contributed by atoms with Crippen LogP contribution in [0.15, 0.2) is 54.9 Å². The zero-order valence-electron chi connectivity index (χ0n) is 9.21. The molecule has 0 amide bonds. The van der Waals surface area contributed by atoms with Crippen molar-refractivity contribution in [2.75, 3.05) is 0 Å². The Labute approximate surface area is 124 Å². The Hall–Kier alpha value is -0.791. The fourth-order valence-electron chi connectivity index (χ4n) is 0.896. The van der Waals surface area contributed by atoms with E-state index in [4.69, 9.17) is 0 Å². The number of hydrogen-bond donors (Lipinski definition) is 1. The average molecular weight is 318 g/mol. The van der Waals surface area contributed by atoms with Gasteiger partial charge in [-0.3, -0.25) is 17.3 Å². The first kappa shape index (κ1) is 18.6. The van der Waals surface area contributed by atoms with E-state index in [0.29, 0.717) is 0 Å². The van der Waals surface area contributed by atoms with E-state index in [9.17, 15) is 0 Å². The summed E-state index contributed by atoms with van der Waals surface area (Å²) < 4.78 is 0. The fourth-order valence-corrected chi connectivity index (χ4v) is 0.896. The maximum atomic E-state index is 3.60. The van der Waals surface area contributed by atoms with Crippen LogP contribution in [-0.2, 0) is 34.1 Å². The summed E-state index contributed by atoms with van der Waals surface area (Å²) in [6, 6.07) is 1.83. The summed E-state index contributed by atoms with van der Waals surface area (Å²) in [6.45, 7) is 0. The van der Waals surface area contributed by atoms with Gasteiger partial charge in [0.15, 0.2) is 0 Å². The van der Waals surface area contributed by atoms with Crippen molar-refractivity contribution in [3.05, 3.63) is 67.1 Å². The predicted octanol–water partition coefficient (Wildman–Crippen LogP) is 3.02. The van der Waals surface area contributed by atoms with Crippen molar-refractivity contribution in [2.45, 2.75) is 12.8 Å². The van der Waals surface area contributed by atoms with E-state index in [1.54, 1.807) is 12.4 Å². The van der Waals surface area contributed by atoms with Gasteiger partial charge in [-0.2, -0.15) is 17.3 Å². The number of nitrogens with one attached hydrogen (secondary N) is 1. The van der Waals surface area contributed by atoms with Gasteiger partial charge >= 0.3 is 17.1 Å². The summed E-state index contributed by atoms with van der Waals surface area (Å²) in [5.41, 5.74) is 0. The normalized spacial score (nSPS) is 12.7. The van der Waals surface area contributed by atoms with Crippen LogP contribution in [0.1, 0.15) is 12.8 Å². The van der Waals surface area contributed by atoms with Gasteiger partial charge in [0.2, 0.25) is 0 Å². The van der Waals surface area contributed by atoms with E-state index in [0.717, 1.165) is 12.8 Å². The minimum atomic E-state index is 0. The van der Waals surface area contributed by atoms with Crippen molar-refractivity contribution < 1.29 is 34.1 Å². The number of hydrogen-bond acceptors (Lipinski definition) is 1. The summed E-state index contributed by atoms with van der Waals surface area (Å²) in [7, 11) is 0. The van der Waals surface area contributed by atoms with Crippen LogP contribution < -0.4 is 0 Å². The first-order valence-corrected chi connectivity index (χ1v) is 4.87.